The largest absolute Gasteiger partial charge is 0.370 e. The lowest BCUT2D eigenvalue weighted by atomic mass is 9.63. The molecule has 1 saturated carbocycles. The van der Waals surface area contributed by atoms with E-state index < -0.39 is 0 Å². The Kier molecular flexibility index (Phi) is 8.13. The molecular formula is C31H34N4OS2. The van der Waals surface area contributed by atoms with Gasteiger partial charge in [-0.15, -0.1) is 28.6 Å². The second-order valence-electron chi connectivity index (χ2n) is 9.98. The molecule has 2 aliphatic carbocycles. The van der Waals surface area contributed by atoms with Gasteiger partial charge in [-0.25, -0.2) is 0 Å². The van der Waals surface area contributed by atoms with Crippen molar-refractivity contribution in [2.75, 3.05) is 20.6 Å². The van der Waals surface area contributed by atoms with E-state index in [0.29, 0.717) is 11.9 Å². The highest BCUT2D eigenvalue weighted by molar-refractivity contribution is 7.23. The van der Waals surface area contributed by atoms with Crippen molar-refractivity contribution in [3.63, 3.8) is 0 Å². The summed E-state index contributed by atoms with van der Waals surface area (Å²) in [7, 11) is 3.66. The minimum absolute atomic E-state index is 0.0397. The average Bonchev–Trinajstić information content (AvgIpc) is 3.60. The molecule has 0 bridgehead atoms. The van der Waals surface area contributed by atoms with Crippen molar-refractivity contribution < 1.29 is 4.79 Å². The number of fused-ring (bicyclic) bond motifs is 2. The number of nitrogens with one attached hydrogen (secondary N) is 2. The normalized spacial score (nSPS) is 22.2. The summed E-state index contributed by atoms with van der Waals surface area (Å²) >= 11 is 3.29. The molecule has 4 atom stereocenters. The van der Waals surface area contributed by atoms with Gasteiger partial charge in [0.25, 0.3) is 0 Å². The first kappa shape index (κ1) is 26.4. The van der Waals surface area contributed by atoms with Crippen LogP contribution in [-0.4, -0.2) is 32.4 Å². The summed E-state index contributed by atoms with van der Waals surface area (Å²) in [4.78, 5) is 22.3. The first-order valence-electron chi connectivity index (χ1n) is 13.1. The van der Waals surface area contributed by atoms with Crippen LogP contribution in [-0.2, 0) is 6.54 Å². The second-order valence-corrected chi connectivity index (χ2v) is 12.1. The molecule has 196 valence electrons. The SMILES string of the molecule is CC#Cc1ccc(-c2ccc(C(=O)[C@H]3CC[C@@H](CNC(N)=NC)[C@@H]4C=c5ccc(CNC)cc5=C[C@H]43)s2)s1. The number of thiophene rings is 2. The van der Waals surface area contributed by atoms with E-state index >= 15 is 0 Å². The molecule has 38 heavy (non-hydrogen) atoms. The number of hydrogen-bond acceptors (Lipinski definition) is 5. The van der Waals surface area contributed by atoms with Crippen LogP contribution >= 0.6 is 22.7 Å². The number of nitrogens with two attached hydrogens (primary N) is 1. The Bertz CT molecular complexity index is 1540. The van der Waals surface area contributed by atoms with Crippen molar-refractivity contribution in [1.29, 1.82) is 0 Å². The van der Waals surface area contributed by atoms with Gasteiger partial charge in [0.2, 0.25) is 0 Å². The number of guanidine groups is 1. The number of hydrogen-bond donors (Lipinski definition) is 3. The molecular weight excluding hydrogens is 509 g/mol. The first-order chi connectivity index (χ1) is 18.5. The Labute approximate surface area is 232 Å². The van der Waals surface area contributed by atoms with Crippen LogP contribution in [0.25, 0.3) is 21.9 Å². The molecule has 0 saturated heterocycles. The van der Waals surface area contributed by atoms with Crippen LogP contribution in [0.2, 0.25) is 0 Å². The predicted octanol–water partition coefficient (Wildman–Crippen LogP) is 3.82. The minimum atomic E-state index is -0.0397. The van der Waals surface area contributed by atoms with Crippen LogP contribution in [0.5, 0.6) is 0 Å². The predicted molar refractivity (Wildman–Crippen MR) is 161 cm³/mol. The van der Waals surface area contributed by atoms with Crippen molar-refractivity contribution in [3.8, 4) is 21.6 Å². The zero-order valence-corrected chi connectivity index (χ0v) is 23.7. The van der Waals surface area contributed by atoms with Crippen molar-refractivity contribution in [1.82, 2.24) is 10.6 Å². The van der Waals surface area contributed by atoms with E-state index in [4.69, 9.17) is 5.73 Å². The third-order valence-electron chi connectivity index (χ3n) is 7.65. The fourth-order valence-corrected chi connectivity index (χ4v) is 7.80. The Morgan fingerprint density at radius 3 is 2.63 bits per heavy atom. The maximum atomic E-state index is 14.0. The van der Waals surface area contributed by atoms with Crippen LogP contribution in [0.4, 0.5) is 0 Å². The summed E-state index contributed by atoms with van der Waals surface area (Å²) in [6.07, 6.45) is 6.61. The summed E-state index contributed by atoms with van der Waals surface area (Å²) in [5.74, 6) is 7.58. The summed E-state index contributed by atoms with van der Waals surface area (Å²) in [5, 5.41) is 9.02. The number of nitrogens with zero attached hydrogens (tertiary/aromatic N) is 1. The Hall–Kier alpha value is -3.18. The molecule has 2 aromatic heterocycles. The molecule has 5 rings (SSSR count). The van der Waals surface area contributed by atoms with Gasteiger partial charge in [-0.1, -0.05) is 36.3 Å². The zero-order valence-electron chi connectivity index (χ0n) is 22.1. The number of carbonyl (C=O) groups is 1. The monoisotopic (exact) mass is 542 g/mol. The molecule has 0 aliphatic heterocycles. The van der Waals surface area contributed by atoms with Gasteiger partial charge in [0.15, 0.2) is 11.7 Å². The lowest BCUT2D eigenvalue weighted by Gasteiger charge is -2.41. The van der Waals surface area contributed by atoms with Crippen LogP contribution in [0.1, 0.15) is 39.9 Å². The number of carbonyl (C=O) groups excluding carboxylic acids is 1. The number of Topliss-reactive ketones (excluding diaryl/α,β-unsaturated/α-hetero) is 1. The van der Waals surface area contributed by atoms with Gasteiger partial charge in [0, 0.05) is 35.8 Å². The van der Waals surface area contributed by atoms with E-state index in [1.807, 2.05) is 20.0 Å². The van der Waals surface area contributed by atoms with Crippen molar-refractivity contribution >= 4 is 46.6 Å². The fourth-order valence-electron chi connectivity index (χ4n) is 5.79. The average molecular weight is 543 g/mol. The van der Waals surface area contributed by atoms with Gasteiger partial charge in [-0.2, -0.15) is 0 Å². The van der Waals surface area contributed by atoms with Crippen molar-refractivity contribution in [3.05, 3.63) is 68.2 Å². The molecule has 5 nitrogen and oxygen atoms in total. The third-order valence-corrected chi connectivity index (χ3v) is 9.94. The fraction of sp³-hybridized carbons (Fsp3) is 0.355. The molecule has 0 amide bonds. The molecule has 4 N–H and O–H groups in total. The minimum Gasteiger partial charge on any atom is -0.370 e. The Balaban J connectivity index is 1.46. The molecule has 2 aliphatic rings. The first-order valence-corrected chi connectivity index (χ1v) is 14.7. The lowest BCUT2D eigenvalue weighted by Crippen LogP contribution is -2.47. The molecule has 1 fully saturated rings. The standard InChI is InChI=1S/C31H34N4OS2/c1-4-5-23-9-11-27(37-23)28-12-13-29(38-28)30(36)24-10-8-21(18-35-31(32)34-3)25-15-20-7-6-19(17-33-2)14-22(20)16-26(24)25/h6-7,9,11-16,21,24-26,33H,8,10,17-18H2,1-3H3,(H3,32,34,35)/t21-,24-,25-,26-/m0/s1. The Morgan fingerprint density at radius 1 is 1.05 bits per heavy atom. The smallest absolute Gasteiger partial charge is 0.188 e. The van der Waals surface area contributed by atoms with Gasteiger partial charge in [-0.3, -0.25) is 9.79 Å². The van der Waals surface area contributed by atoms with E-state index in [1.54, 1.807) is 29.7 Å². The quantitative estimate of drug-likeness (QED) is 0.184. The number of ketones is 1. The number of aliphatic imine (C=N–C) groups is 1. The summed E-state index contributed by atoms with van der Waals surface area (Å²) in [6.45, 7) is 3.44. The van der Waals surface area contributed by atoms with E-state index in [0.717, 1.165) is 45.4 Å². The molecule has 3 aromatic rings. The van der Waals surface area contributed by atoms with Crippen molar-refractivity contribution in [2.24, 2.45) is 34.4 Å². The maximum absolute atomic E-state index is 14.0. The van der Waals surface area contributed by atoms with Gasteiger partial charge < -0.3 is 16.4 Å². The van der Waals surface area contributed by atoms with E-state index in [1.165, 1.54) is 16.0 Å². The van der Waals surface area contributed by atoms with Gasteiger partial charge in [0.1, 0.15) is 0 Å². The van der Waals surface area contributed by atoms with Crippen LogP contribution in [0.15, 0.2) is 47.5 Å². The highest BCUT2D eigenvalue weighted by Crippen LogP contribution is 2.44. The maximum Gasteiger partial charge on any atom is 0.188 e. The number of benzene rings is 1. The van der Waals surface area contributed by atoms with Gasteiger partial charge >= 0.3 is 0 Å². The highest BCUT2D eigenvalue weighted by atomic mass is 32.1. The number of rotatable bonds is 7. The van der Waals surface area contributed by atoms with E-state index in [2.05, 4.69) is 76.0 Å². The highest BCUT2D eigenvalue weighted by Gasteiger charge is 2.41. The zero-order chi connectivity index (χ0) is 26.6. The van der Waals surface area contributed by atoms with Crippen LogP contribution in [0.3, 0.4) is 0 Å². The van der Waals surface area contributed by atoms with E-state index in [-0.39, 0.29) is 23.5 Å². The van der Waals surface area contributed by atoms with Crippen LogP contribution < -0.4 is 26.8 Å². The molecule has 0 radical (unpaired) electrons. The second kappa shape index (κ2) is 11.7. The summed E-state index contributed by atoms with van der Waals surface area (Å²) in [5.41, 5.74) is 7.21. The molecule has 7 heteroatoms. The summed E-state index contributed by atoms with van der Waals surface area (Å²) < 4.78 is 0. The molecule has 0 spiro atoms. The Morgan fingerprint density at radius 2 is 1.84 bits per heavy atom. The molecule has 0 unspecified atom stereocenters. The van der Waals surface area contributed by atoms with Gasteiger partial charge in [-0.05, 0) is 84.8 Å². The van der Waals surface area contributed by atoms with Crippen LogP contribution in [0, 0.1) is 35.5 Å². The third kappa shape index (κ3) is 5.49. The topological polar surface area (TPSA) is 79.5 Å². The van der Waals surface area contributed by atoms with Gasteiger partial charge in [0.05, 0.1) is 9.75 Å². The molecule has 2 heterocycles. The summed E-state index contributed by atoms with van der Waals surface area (Å²) in [6, 6.07) is 14.9. The van der Waals surface area contributed by atoms with Crippen molar-refractivity contribution in [2.45, 2.75) is 26.3 Å². The van der Waals surface area contributed by atoms with E-state index in [9.17, 15) is 4.79 Å². The molecule has 1 aromatic carbocycles. The lowest BCUT2D eigenvalue weighted by molar-refractivity contribution is 0.0799.